The van der Waals surface area contributed by atoms with Gasteiger partial charge in [-0.05, 0) is 42.0 Å². The summed E-state index contributed by atoms with van der Waals surface area (Å²) in [6, 6.07) is 20.5. The van der Waals surface area contributed by atoms with E-state index in [1.54, 1.807) is 12.1 Å². The van der Waals surface area contributed by atoms with Crippen molar-refractivity contribution in [2.24, 2.45) is 0 Å². The lowest BCUT2D eigenvalue weighted by Gasteiger charge is -2.34. The number of amides is 1. The maximum atomic E-state index is 13.3. The molecule has 0 aliphatic heterocycles. The van der Waals surface area contributed by atoms with Gasteiger partial charge in [0.15, 0.2) is 6.61 Å². The van der Waals surface area contributed by atoms with Crippen LogP contribution in [0, 0.1) is 5.82 Å². The summed E-state index contributed by atoms with van der Waals surface area (Å²) in [4.78, 5) is 15.1. The second-order valence-corrected chi connectivity index (χ2v) is 7.71. The van der Waals surface area contributed by atoms with E-state index in [1.807, 2.05) is 47.4 Å². The highest BCUT2D eigenvalue weighted by Crippen LogP contribution is 2.27. The molecule has 0 atom stereocenters. The molecule has 0 aromatic heterocycles. The number of nitrogens with zero attached hydrogens (tertiary/aromatic N) is 1. The number of hydrogen-bond donors (Lipinski definition) is 0. The van der Waals surface area contributed by atoms with Crippen LogP contribution in [-0.2, 0) is 11.3 Å². The minimum Gasteiger partial charge on any atom is -0.483 e. The van der Waals surface area contributed by atoms with Gasteiger partial charge < -0.3 is 9.64 Å². The van der Waals surface area contributed by atoms with E-state index in [2.05, 4.69) is 0 Å². The van der Waals surface area contributed by atoms with Crippen LogP contribution in [0.15, 0.2) is 66.7 Å². The third-order valence-corrected chi connectivity index (χ3v) is 5.70. The van der Waals surface area contributed by atoms with Crippen molar-refractivity contribution in [2.75, 3.05) is 6.61 Å². The van der Waals surface area contributed by atoms with Crippen molar-refractivity contribution in [2.45, 2.75) is 44.7 Å². The normalized spacial score (nSPS) is 14.7. The molecule has 0 spiro atoms. The minimum atomic E-state index is -0.261. The Kier molecular flexibility index (Phi) is 6.09. The van der Waals surface area contributed by atoms with Gasteiger partial charge in [0, 0.05) is 18.0 Å². The van der Waals surface area contributed by atoms with Crippen LogP contribution in [0.25, 0.3) is 10.8 Å². The van der Waals surface area contributed by atoms with Gasteiger partial charge in [-0.25, -0.2) is 4.39 Å². The van der Waals surface area contributed by atoms with Crippen LogP contribution in [0.3, 0.4) is 0 Å². The molecule has 1 fully saturated rings. The number of carbonyl (C=O) groups is 1. The van der Waals surface area contributed by atoms with Crippen LogP contribution in [-0.4, -0.2) is 23.5 Å². The van der Waals surface area contributed by atoms with Crippen LogP contribution in [0.1, 0.15) is 37.7 Å². The number of benzene rings is 3. The summed E-state index contributed by atoms with van der Waals surface area (Å²) in [5, 5.41) is 2.10. The number of ether oxygens (including phenoxy) is 1. The Morgan fingerprint density at radius 1 is 0.931 bits per heavy atom. The van der Waals surface area contributed by atoms with Crippen molar-refractivity contribution in [3.63, 3.8) is 0 Å². The first-order valence-electron chi connectivity index (χ1n) is 10.4. The van der Waals surface area contributed by atoms with Gasteiger partial charge in [-0.15, -0.1) is 0 Å². The van der Waals surface area contributed by atoms with Crippen LogP contribution < -0.4 is 4.74 Å². The van der Waals surface area contributed by atoms with Crippen molar-refractivity contribution in [3.05, 3.63) is 78.1 Å². The molecule has 0 heterocycles. The van der Waals surface area contributed by atoms with E-state index < -0.39 is 0 Å². The lowest BCUT2D eigenvalue weighted by Crippen LogP contribution is -2.43. The predicted molar refractivity (Wildman–Crippen MR) is 113 cm³/mol. The topological polar surface area (TPSA) is 29.5 Å². The van der Waals surface area contributed by atoms with Gasteiger partial charge in [-0.3, -0.25) is 4.79 Å². The molecule has 1 amide bonds. The summed E-state index contributed by atoms with van der Waals surface area (Å²) in [6.45, 7) is 0.494. The average Bonchev–Trinajstić information content (AvgIpc) is 2.77. The predicted octanol–water partition coefficient (Wildman–Crippen LogP) is 5.72. The van der Waals surface area contributed by atoms with E-state index in [0.717, 1.165) is 47.8 Å². The maximum Gasteiger partial charge on any atom is 0.261 e. The van der Waals surface area contributed by atoms with E-state index in [9.17, 15) is 9.18 Å². The zero-order chi connectivity index (χ0) is 20.1. The second kappa shape index (κ2) is 9.08. The molecule has 0 saturated heterocycles. The standard InChI is InChI=1S/C25H26FNO2/c26-21-15-13-19(14-16-21)17-27(22-9-2-1-3-10-22)25(28)18-29-24-12-6-8-20-7-4-5-11-23(20)24/h4-8,11-16,22H,1-3,9-10,17-18H2. The molecule has 29 heavy (non-hydrogen) atoms. The fraction of sp³-hybridized carbons (Fsp3) is 0.320. The molecule has 1 saturated carbocycles. The number of hydrogen-bond acceptors (Lipinski definition) is 2. The van der Waals surface area contributed by atoms with Gasteiger partial charge in [-0.2, -0.15) is 0 Å². The first-order chi connectivity index (χ1) is 14.2. The molecule has 4 rings (SSSR count). The van der Waals surface area contributed by atoms with Gasteiger partial charge in [0.25, 0.3) is 5.91 Å². The number of halogens is 1. The largest absolute Gasteiger partial charge is 0.483 e. The van der Waals surface area contributed by atoms with Crippen LogP contribution in [0.4, 0.5) is 4.39 Å². The van der Waals surface area contributed by atoms with Crippen molar-refractivity contribution in [1.29, 1.82) is 0 Å². The molecular formula is C25H26FNO2. The fourth-order valence-corrected chi connectivity index (χ4v) is 4.14. The van der Waals surface area contributed by atoms with Crippen molar-refractivity contribution < 1.29 is 13.9 Å². The van der Waals surface area contributed by atoms with Crippen molar-refractivity contribution in [1.82, 2.24) is 4.90 Å². The summed E-state index contributed by atoms with van der Waals surface area (Å²) >= 11 is 0. The summed E-state index contributed by atoms with van der Waals surface area (Å²) < 4.78 is 19.2. The first kappa shape index (κ1) is 19.4. The molecule has 4 heteroatoms. The molecule has 1 aliphatic rings. The van der Waals surface area contributed by atoms with Crippen LogP contribution >= 0.6 is 0 Å². The average molecular weight is 391 g/mol. The molecular weight excluding hydrogens is 365 g/mol. The summed E-state index contributed by atoms with van der Waals surface area (Å²) in [7, 11) is 0. The zero-order valence-corrected chi connectivity index (χ0v) is 16.5. The lowest BCUT2D eigenvalue weighted by molar-refractivity contribution is -0.137. The number of rotatable bonds is 6. The van der Waals surface area contributed by atoms with E-state index in [4.69, 9.17) is 4.74 Å². The quantitative estimate of drug-likeness (QED) is 0.538. The third-order valence-electron chi connectivity index (χ3n) is 5.70. The van der Waals surface area contributed by atoms with Gasteiger partial charge in [0.05, 0.1) is 0 Å². The van der Waals surface area contributed by atoms with Gasteiger partial charge >= 0.3 is 0 Å². The molecule has 0 bridgehead atoms. The van der Waals surface area contributed by atoms with Gasteiger partial charge in [-0.1, -0.05) is 67.8 Å². The van der Waals surface area contributed by atoms with Crippen LogP contribution in [0.5, 0.6) is 5.75 Å². The summed E-state index contributed by atoms with van der Waals surface area (Å²) in [6.07, 6.45) is 5.54. The molecule has 0 radical (unpaired) electrons. The fourth-order valence-electron chi connectivity index (χ4n) is 4.14. The van der Waals surface area contributed by atoms with E-state index in [1.165, 1.54) is 18.6 Å². The minimum absolute atomic E-state index is 0.00566. The Hall–Kier alpha value is -2.88. The SMILES string of the molecule is O=C(COc1cccc2ccccc12)N(Cc1ccc(F)cc1)C1CCCCC1. The summed E-state index contributed by atoms with van der Waals surface area (Å²) in [5.74, 6) is 0.444. The van der Waals surface area contributed by atoms with E-state index in [0.29, 0.717) is 6.54 Å². The zero-order valence-electron chi connectivity index (χ0n) is 16.5. The summed E-state index contributed by atoms with van der Waals surface area (Å²) in [5.41, 5.74) is 0.940. The van der Waals surface area contributed by atoms with Crippen molar-refractivity contribution in [3.8, 4) is 5.75 Å². The first-order valence-corrected chi connectivity index (χ1v) is 10.4. The number of carbonyl (C=O) groups excluding carboxylic acids is 1. The van der Waals surface area contributed by atoms with Crippen molar-refractivity contribution >= 4 is 16.7 Å². The Bertz CT molecular complexity index is 959. The highest BCUT2D eigenvalue weighted by atomic mass is 19.1. The molecule has 1 aliphatic carbocycles. The monoisotopic (exact) mass is 391 g/mol. The van der Waals surface area contributed by atoms with E-state index in [-0.39, 0.29) is 24.4 Å². The highest BCUT2D eigenvalue weighted by Gasteiger charge is 2.26. The highest BCUT2D eigenvalue weighted by molar-refractivity contribution is 5.88. The Morgan fingerprint density at radius 2 is 1.66 bits per heavy atom. The third kappa shape index (κ3) is 4.76. The lowest BCUT2D eigenvalue weighted by atomic mass is 9.93. The smallest absolute Gasteiger partial charge is 0.261 e. The Balaban J connectivity index is 1.50. The van der Waals surface area contributed by atoms with Crippen LogP contribution in [0.2, 0.25) is 0 Å². The molecule has 3 aromatic carbocycles. The molecule has 3 aromatic rings. The Morgan fingerprint density at radius 3 is 2.45 bits per heavy atom. The van der Waals surface area contributed by atoms with Gasteiger partial charge in [0.1, 0.15) is 11.6 Å². The molecule has 3 nitrogen and oxygen atoms in total. The second-order valence-electron chi connectivity index (χ2n) is 7.71. The molecule has 150 valence electrons. The Labute approximate surface area is 171 Å². The number of fused-ring (bicyclic) bond motifs is 1. The molecule has 0 unspecified atom stereocenters. The van der Waals surface area contributed by atoms with Gasteiger partial charge in [0.2, 0.25) is 0 Å². The maximum absolute atomic E-state index is 13.3. The molecule has 0 N–H and O–H groups in total. The van der Waals surface area contributed by atoms with E-state index >= 15 is 0 Å².